The van der Waals surface area contributed by atoms with E-state index in [1.165, 1.54) is 0 Å². The molecule has 0 heterocycles. The number of hydrogen-bond donors (Lipinski definition) is 2. The zero-order chi connectivity index (χ0) is 18.3. The summed E-state index contributed by atoms with van der Waals surface area (Å²) in [6, 6.07) is 13.5. The lowest BCUT2D eigenvalue weighted by Gasteiger charge is -2.07. The molecule has 0 aliphatic rings. The summed E-state index contributed by atoms with van der Waals surface area (Å²) in [5.74, 6) is -0.232. The number of rotatable bonds is 8. The Hall–Kier alpha value is -2.18. The molecule has 6 heteroatoms. The third-order valence-corrected chi connectivity index (χ3v) is 5.55. The summed E-state index contributed by atoms with van der Waals surface area (Å²) in [4.78, 5) is 12.3. The van der Waals surface area contributed by atoms with Crippen LogP contribution in [0, 0.1) is 6.92 Å². The van der Waals surface area contributed by atoms with Crippen molar-refractivity contribution in [1.29, 1.82) is 0 Å². The molecule has 2 rings (SSSR count). The van der Waals surface area contributed by atoms with Gasteiger partial charge in [-0.3, -0.25) is 4.79 Å². The lowest BCUT2D eigenvalue weighted by Crippen LogP contribution is -2.26. The molecule has 0 aliphatic carbocycles. The minimum atomic E-state index is -3.39. The second kappa shape index (κ2) is 8.78. The van der Waals surface area contributed by atoms with Gasteiger partial charge in [-0.15, -0.1) is 0 Å². The molecule has 0 saturated heterocycles. The normalized spacial score (nSPS) is 11.3. The van der Waals surface area contributed by atoms with Gasteiger partial charge in [0.25, 0.3) is 5.91 Å². The molecule has 0 radical (unpaired) electrons. The van der Waals surface area contributed by atoms with Crippen molar-refractivity contribution < 1.29 is 13.2 Å². The highest BCUT2D eigenvalue weighted by Crippen LogP contribution is 2.17. The van der Waals surface area contributed by atoms with Crippen molar-refractivity contribution >= 4 is 15.7 Å². The molecule has 5 nitrogen and oxygen atoms in total. The number of carbonyl (C=O) groups excluding carboxylic acids is 1. The predicted molar refractivity (Wildman–Crippen MR) is 99.4 cm³/mol. The Morgan fingerprint density at radius 3 is 2.20 bits per heavy atom. The zero-order valence-electron chi connectivity index (χ0n) is 14.6. The maximum atomic E-state index is 12.4. The molecule has 1 amide bonds. The number of carbonyl (C=O) groups is 1. The van der Waals surface area contributed by atoms with Crippen LogP contribution in [0.15, 0.2) is 53.4 Å². The fraction of sp³-hybridized carbons (Fsp3) is 0.316. The number of benzene rings is 2. The van der Waals surface area contributed by atoms with Gasteiger partial charge in [-0.05, 0) is 56.8 Å². The molecule has 0 fully saturated rings. The second-order valence-corrected chi connectivity index (χ2v) is 7.97. The molecule has 0 aromatic heterocycles. The van der Waals surface area contributed by atoms with Crippen LogP contribution in [0.2, 0.25) is 0 Å². The number of aryl methyl sites for hydroxylation is 1. The summed E-state index contributed by atoms with van der Waals surface area (Å²) in [7, 11) is -1.52. The molecular formula is C19H24N2O3S. The molecule has 0 bridgehead atoms. The number of amides is 1. The SMILES string of the molecule is CNCCCNC(=O)c1ccc(CS(=O)(=O)c2ccc(C)cc2)cc1. The van der Waals surface area contributed by atoms with E-state index >= 15 is 0 Å². The van der Waals surface area contributed by atoms with Crippen LogP contribution in [0.5, 0.6) is 0 Å². The molecular weight excluding hydrogens is 336 g/mol. The van der Waals surface area contributed by atoms with Crippen LogP contribution >= 0.6 is 0 Å². The van der Waals surface area contributed by atoms with Gasteiger partial charge in [-0.2, -0.15) is 0 Å². The fourth-order valence-electron chi connectivity index (χ4n) is 2.37. The van der Waals surface area contributed by atoms with Crippen LogP contribution in [0.1, 0.15) is 27.9 Å². The van der Waals surface area contributed by atoms with Crippen LogP contribution in [-0.2, 0) is 15.6 Å². The first kappa shape index (κ1) is 19.1. The standard InChI is InChI=1S/C19H24N2O3S/c1-15-4-10-18(11-5-15)25(23,24)14-16-6-8-17(9-7-16)19(22)21-13-3-12-20-2/h4-11,20H,3,12-14H2,1-2H3,(H,21,22). The minimum absolute atomic E-state index is 0.0832. The van der Waals surface area contributed by atoms with Gasteiger partial charge in [0.2, 0.25) is 0 Å². The van der Waals surface area contributed by atoms with Crippen LogP contribution in [0.25, 0.3) is 0 Å². The summed E-state index contributed by atoms with van der Waals surface area (Å²) in [6.07, 6.45) is 0.856. The monoisotopic (exact) mass is 360 g/mol. The lowest BCUT2D eigenvalue weighted by atomic mass is 10.1. The molecule has 0 atom stereocenters. The van der Waals surface area contributed by atoms with Gasteiger partial charge < -0.3 is 10.6 Å². The Morgan fingerprint density at radius 2 is 1.60 bits per heavy atom. The third kappa shape index (κ3) is 5.69. The first-order chi connectivity index (χ1) is 11.9. The van der Waals surface area contributed by atoms with Gasteiger partial charge in [0.15, 0.2) is 9.84 Å². The van der Waals surface area contributed by atoms with Crippen LogP contribution in [0.3, 0.4) is 0 Å². The van der Waals surface area contributed by atoms with Gasteiger partial charge >= 0.3 is 0 Å². The van der Waals surface area contributed by atoms with E-state index in [1.54, 1.807) is 48.5 Å². The van der Waals surface area contributed by atoms with Gasteiger partial charge in [0.05, 0.1) is 10.6 Å². The van der Waals surface area contributed by atoms with Crippen molar-refractivity contribution in [2.24, 2.45) is 0 Å². The first-order valence-corrected chi connectivity index (χ1v) is 9.89. The van der Waals surface area contributed by atoms with E-state index in [2.05, 4.69) is 10.6 Å². The van der Waals surface area contributed by atoms with Gasteiger partial charge in [-0.25, -0.2) is 8.42 Å². The smallest absolute Gasteiger partial charge is 0.251 e. The van der Waals surface area contributed by atoms with Crippen LogP contribution < -0.4 is 10.6 Å². The maximum absolute atomic E-state index is 12.4. The molecule has 25 heavy (non-hydrogen) atoms. The molecule has 0 aliphatic heterocycles. The Balaban J connectivity index is 2.00. The second-order valence-electron chi connectivity index (χ2n) is 5.98. The largest absolute Gasteiger partial charge is 0.352 e. The third-order valence-electron chi connectivity index (χ3n) is 3.84. The van der Waals surface area contributed by atoms with Crippen molar-refractivity contribution in [3.8, 4) is 0 Å². The average Bonchev–Trinajstić information content (AvgIpc) is 2.59. The first-order valence-electron chi connectivity index (χ1n) is 8.23. The van der Waals surface area contributed by atoms with Gasteiger partial charge in [-0.1, -0.05) is 29.8 Å². The minimum Gasteiger partial charge on any atom is -0.352 e. The van der Waals surface area contributed by atoms with Gasteiger partial charge in [0.1, 0.15) is 0 Å². The molecule has 2 aromatic rings. The molecule has 0 saturated carbocycles. The van der Waals surface area contributed by atoms with E-state index in [0.29, 0.717) is 22.6 Å². The van der Waals surface area contributed by atoms with E-state index in [1.807, 2.05) is 14.0 Å². The van der Waals surface area contributed by atoms with Crippen LogP contribution in [0.4, 0.5) is 0 Å². The highest BCUT2D eigenvalue weighted by molar-refractivity contribution is 7.90. The average molecular weight is 360 g/mol. The van der Waals surface area contributed by atoms with Crippen molar-refractivity contribution in [2.75, 3.05) is 20.1 Å². The predicted octanol–water partition coefficient (Wildman–Crippen LogP) is 2.31. The number of hydrogen-bond acceptors (Lipinski definition) is 4. The Bertz CT molecular complexity index is 798. The van der Waals surface area contributed by atoms with Crippen molar-refractivity contribution in [3.63, 3.8) is 0 Å². The highest BCUT2D eigenvalue weighted by atomic mass is 32.2. The van der Waals surface area contributed by atoms with E-state index in [-0.39, 0.29) is 11.7 Å². The summed E-state index contributed by atoms with van der Waals surface area (Å²) in [5.41, 5.74) is 2.21. The molecule has 2 N–H and O–H groups in total. The summed E-state index contributed by atoms with van der Waals surface area (Å²) < 4.78 is 24.9. The summed E-state index contributed by atoms with van der Waals surface area (Å²) in [5, 5.41) is 5.85. The topological polar surface area (TPSA) is 75.3 Å². The highest BCUT2D eigenvalue weighted by Gasteiger charge is 2.15. The molecule has 0 spiro atoms. The Morgan fingerprint density at radius 1 is 0.960 bits per heavy atom. The van der Waals surface area contributed by atoms with E-state index in [9.17, 15) is 13.2 Å². The molecule has 134 valence electrons. The quantitative estimate of drug-likeness (QED) is 0.709. The van der Waals surface area contributed by atoms with Crippen molar-refractivity contribution in [2.45, 2.75) is 24.0 Å². The van der Waals surface area contributed by atoms with Crippen molar-refractivity contribution in [1.82, 2.24) is 10.6 Å². The summed E-state index contributed by atoms with van der Waals surface area (Å²) in [6.45, 7) is 3.36. The Kier molecular flexibility index (Phi) is 6.73. The number of sulfone groups is 1. The van der Waals surface area contributed by atoms with Gasteiger partial charge in [0, 0.05) is 12.1 Å². The fourth-order valence-corrected chi connectivity index (χ4v) is 3.72. The number of nitrogens with one attached hydrogen (secondary N) is 2. The molecule has 2 aromatic carbocycles. The van der Waals surface area contributed by atoms with E-state index in [4.69, 9.17) is 0 Å². The Labute approximate surface area is 149 Å². The maximum Gasteiger partial charge on any atom is 0.251 e. The van der Waals surface area contributed by atoms with E-state index < -0.39 is 9.84 Å². The van der Waals surface area contributed by atoms with Crippen molar-refractivity contribution in [3.05, 3.63) is 65.2 Å². The molecule has 0 unspecified atom stereocenters. The lowest BCUT2D eigenvalue weighted by molar-refractivity contribution is 0.0953. The zero-order valence-corrected chi connectivity index (χ0v) is 15.4. The summed E-state index contributed by atoms with van der Waals surface area (Å²) >= 11 is 0. The van der Waals surface area contributed by atoms with Crippen LogP contribution in [-0.4, -0.2) is 34.5 Å². The van der Waals surface area contributed by atoms with E-state index in [0.717, 1.165) is 18.5 Å².